The van der Waals surface area contributed by atoms with Gasteiger partial charge in [0.15, 0.2) is 0 Å². The Balaban J connectivity index is 0.0000162. The van der Waals surface area contributed by atoms with Crippen LogP contribution in [0.5, 0.6) is 0 Å². The Hall–Kier alpha value is -3.54. The van der Waals surface area contributed by atoms with E-state index in [2.05, 4.69) is 16.0 Å². The largest absolute Gasteiger partial charge is 0.465 e. The van der Waals surface area contributed by atoms with Crippen LogP contribution in [0.2, 0.25) is 0 Å². The van der Waals surface area contributed by atoms with E-state index in [-0.39, 0.29) is 106 Å². The molecular formula is C40H69ClN6O10. The number of likely N-dealkylation sites (tertiary alicyclic amines) is 1. The molecular weight excluding hydrogens is 760 g/mol. The monoisotopic (exact) mass is 828 g/mol. The van der Waals surface area contributed by atoms with E-state index in [4.69, 9.17) is 29.8 Å². The molecule has 0 unspecified atom stereocenters. The quantitative estimate of drug-likeness (QED) is 0.0857. The van der Waals surface area contributed by atoms with Gasteiger partial charge in [-0.25, -0.2) is 4.79 Å². The SMILES string of the molecule is CC[C@H](C)[C@@H]([C@@H](CC(=O)N1CCC[C@H]1[C@H](OC)[C@@H](C)C(=O)N[C@@H](Cc1ccccc1)C(=O)NCCOCCOCCNC(=O)O)OC)N(C)C(=O)[C@@H](N)C(C)C.Cl. The lowest BCUT2D eigenvalue weighted by Crippen LogP contribution is -2.56. The molecule has 1 saturated heterocycles. The maximum absolute atomic E-state index is 14.1. The van der Waals surface area contributed by atoms with Crippen molar-refractivity contribution in [1.82, 2.24) is 25.8 Å². The molecule has 1 aliphatic rings. The fourth-order valence-corrected chi connectivity index (χ4v) is 7.11. The van der Waals surface area contributed by atoms with E-state index in [1.807, 2.05) is 58.0 Å². The van der Waals surface area contributed by atoms with Gasteiger partial charge in [0, 0.05) is 47.3 Å². The van der Waals surface area contributed by atoms with Crippen molar-refractivity contribution >= 4 is 42.1 Å². The minimum atomic E-state index is -1.12. The molecule has 5 amide bonds. The number of hydrogen-bond donors (Lipinski definition) is 5. The molecule has 17 heteroatoms. The van der Waals surface area contributed by atoms with Crippen LogP contribution in [0.3, 0.4) is 0 Å². The number of likely N-dealkylation sites (N-methyl/N-ethyl adjacent to an activating group) is 1. The number of rotatable bonds is 26. The number of carboxylic acid groups (broad SMARTS) is 1. The number of nitrogens with two attached hydrogens (primary N) is 1. The van der Waals surface area contributed by atoms with E-state index in [0.29, 0.717) is 13.0 Å². The number of halogens is 1. The third-order valence-electron chi connectivity index (χ3n) is 10.6. The molecule has 0 bridgehead atoms. The molecule has 16 nitrogen and oxygen atoms in total. The van der Waals surface area contributed by atoms with Gasteiger partial charge < -0.3 is 55.5 Å². The van der Waals surface area contributed by atoms with Crippen LogP contribution in [-0.4, -0.2) is 148 Å². The zero-order chi connectivity index (χ0) is 41.8. The third kappa shape index (κ3) is 16.7. The van der Waals surface area contributed by atoms with Crippen molar-refractivity contribution in [2.75, 3.05) is 67.3 Å². The number of amides is 5. The van der Waals surface area contributed by atoms with Crippen molar-refractivity contribution in [3.63, 3.8) is 0 Å². The molecule has 1 aliphatic heterocycles. The average molecular weight is 829 g/mol. The molecule has 0 radical (unpaired) electrons. The summed E-state index contributed by atoms with van der Waals surface area (Å²) in [5.74, 6) is -1.85. The van der Waals surface area contributed by atoms with Gasteiger partial charge in [0.2, 0.25) is 23.6 Å². The van der Waals surface area contributed by atoms with Gasteiger partial charge in [-0.15, -0.1) is 12.4 Å². The number of methoxy groups -OCH3 is 2. The number of ether oxygens (including phenoxy) is 4. The molecule has 2 rings (SSSR count). The van der Waals surface area contributed by atoms with Crippen molar-refractivity contribution in [2.45, 2.75) is 103 Å². The molecule has 1 aromatic rings. The van der Waals surface area contributed by atoms with E-state index in [9.17, 15) is 24.0 Å². The molecule has 1 heterocycles. The fraction of sp³-hybridized carbons (Fsp3) is 0.725. The summed E-state index contributed by atoms with van der Waals surface area (Å²) in [7, 11) is 4.80. The highest BCUT2D eigenvalue weighted by molar-refractivity contribution is 5.89. The van der Waals surface area contributed by atoms with E-state index < -0.39 is 42.3 Å². The molecule has 57 heavy (non-hydrogen) atoms. The lowest BCUT2D eigenvalue weighted by molar-refractivity contribution is -0.146. The van der Waals surface area contributed by atoms with Crippen LogP contribution in [0.15, 0.2) is 30.3 Å². The molecule has 1 fully saturated rings. The Labute approximate surface area is 345 Å². The highest BCUT2D eigenvalue weighted by atomic mass is 35.5. The smallest absolute Gasteiger partial charge is 0.404 e. The van der Waals surface area contributed by atoms with Crippen LogP contribution < -0.4 is 21.7 Å². The van der Waals surface area contributed by atoms with Crippen LogP contribution in [0, 0.1) is 17.8 Å². The lowest BCUT2D eigenvalue weighted by Gasteiger charge is -2.40. The van der Waals surface area contributed by atoms with E-state index in [1.165, 1.54) is 7.11 Å². The zero-order valence-electron chi connectivity index (χ0n) is 35.1. The van der Waals surface area contributed by atoms with Crippen LogP contribution in [0.25, 0.3) is 0 Å². The van der Waals surface area contributed by atoms with Crippen molar-refractivity contribution in [3.05, 3.63) is 35.9 Å². The Morgan fingerprint density at radius 2 is 1.54 bits per heavy atom. The van der Waals surface area contributed by atoms with Crippen molar-refractivity contribution in [3.8, 4) is 0 Å². The third-order valence-corrected chi connectivity index (χ3v) is 10.6. The second kappa shape index (κ2) is 27.2. The number of nitrogens with one attached hydrogen (secondary N) is 3. The number of nitrogens with zero attached hydrogens (tertiary/aromatic N) is 2. The minimum absolute atomic E-state index is 0. The first-order valence-corrected chi connectivity index (χ1v) is 19.8. The van der Waals surface area contributed by atoms with E-state index >= 15 is 0 Å². The Morgan fingerprint density at radius 1 is 0.930 bits per heavy atom. The standard InChI is InChI=1S/C40H68N6O10.ClH/c1-9-27(4)35(45(6)39(50)34(41)26(2)3)32(53-7)25-33(47)46-19-13-16-31(46)36(54-8)28(5)37(48)44-30(24-29-14-11-10-12-15-29)38(49)42-17-20-55-22-23-56-21-18-43-40(51)52;/h10-12,14-15,26-28,30-32,34-36,43H,9,13,16-25,41H2,1-8H3,(H,42,49)(H,44,48)(H,51,52);1H/t27-,28+,30-,31-,32+,34-,35-,36+;/m0./s1. The summed E-state index contributed by atoms with van der Waals surface area (Å²) in [6.07, 6.45) is 0.0609. The highest BCUT2D eigenvalue weighted by Gasteiger charge is 2.42. The minimum Gasteiger partial charge on any atom is -0.465 e. The second-order valence-corrected chi connectivity index (χ2v) is 14.9. The van der Waals surface area contributed by atoms with Crippen LogP contribution in [0.1, 0.15) is 65.9 Å². The summed E-state index contributed by atoms with van der Waals surface area (Å²) in [6.45, 7) is 11.4. The van der Waals surface area contributed by atoms with Crippen LogP contribution >= 0.6 is 12.4 Å². The van der Waals surface area contributed by atoms with Crippen LogP contribution in [0.4, 0.5) is 4.79 Å². The number of benzene rings is 1. The summed E-state index contributed by atoms with van der Waals surface area (Å²) >= 11 is 0. The summed E-state index contributed by atoms with van der Waals surface area (Å²) in [6, 6.07) is 7.03. The normalized spacial score (nSPS) is 17.6. The molecule has 6 N–H and O–H groups in total. The Kier molecular flexibility index (Phi) is 24.6. The lowest BCUT2D eigenvalue weighted by atomic mass is 9.89. The number of carbonyl (C=O) groups is 5. The van der Waals surface area contributed by atoms with Gasteiger partial charge in [0.05, 0.1) is 69.1 Å². The molecule has 0 spiro atoms. The van der Waals surface area contributed by atoms with E-state index in [0.717, 1.165) is 18.4 Å². The molecule has 8 atom stereocenters. The first-order chi connectivity index (χ1) is 26.7. The molecule has 1 aromatic carbocycles. The maximum atomic E-state index is 14.1. The first-order valence-electron chi connectivity index (χ1n) is 19.8. The van der Waals surface area contributed by atoms with Gasteiger partial charge in [-0.2, -0.15) is 0 Å². The fourth-order valence-electron chi connectivity index (χ4n) is 7.11. The number of hydrogen-bond acceptors (Lipinski definition) is 10. The summed E-state index contributed by atoms with van der Waals surface area (Å²) in [5.41, 5.74) is 7.11. The Morgan fingerprint density at radius 3 is 2.09 bits per heavy atom. The predicted octanol–water partition coefficient (Wildman–Crippen LogP) is 2.46. The summed E-state index contributed by atoms with van der Waals surface area (Å²) in [4.78, 5) is 68.6. The topological polar surface area (TPSA) is 211 Å². The van der Waals surface area contributed by atoms with Gasteiger partial charge in [0.1, 0.15) is 6.04 Å². The second-order valence-electron chi connectivity index (χ2n) is 14.9. The van der Waals surface area contributed by atoms with Crippen molar-refractivity contribution in [2.24, 2.45) is 23.5 Å². The highest BCUT2D eigenvalue weighted by Crippen LogP contribution is 2.29. The predicted molar refractivity (Wildman–Crippen MR) is 219 cm³/mol. The first kappa shape index (κ1) is 51.5. The van der Waals surface area contributed by atoms with Crippen LogP contribution in [-0.2, 0) is 44.5 Å². The Bertz CT molecular complexity index is 1360. The van der Waals surface area contributed by atoms with Gasteiger partial charge in [-0.3, -0.25) is 19.2 Å². The molecule has 0 aliphatic carbocycles. The van der Waals surface area contributed by atoms with Gasteiger partial charge in [-0.1, -0.05) is 71.4 Å². The average Bonchev–Trinajstić information content (AvgIpc) is 3.67. The van der Waals surface area contributed by atoms with Crippen molar-refractivity contribution in [1.29, 1.82) is 0 Å². The summed E-state index contributed by atoms with van der Waals surface area (Å²) < 4.78 is 22.7. The maximum Gasteiger partial charge on any atom is 0.404 e. The molecule has 326 valence electrons. The zero-order valence-corrected chi connectivity index (χ0v) is 35.9. The van der Waals surface area contributed by atoms with Crippen molar-refractivity contribution < 1.29 is 48.0 Å². The van der Waals surface area contributed by atoms with Gasteiger partial charge in [0.25, 0.3) is 0 Å². The molecule has 0 aromatic heterocycles. The number of carbonyl (C=O) groups excluding carboxylic acids is 4. The van der Waals surface area contributed by atoms with E-state index in [1.54, 1.807) is 30.9 Å². The molecule has 0 saturated carbocycles. The van der Waals surface area contributed by atoms with Gasteiger partial charge >= 0.3 is 6.09 Å². The summed E-state index contributed by atoms with van der Waals surface area (Å²) in [5, 5.41) is 16.6. The van der Waals surface area contributed by atoms with Gasteiger partial charge in [-0.05, 0) is 30.2 Å².